The summed E-state index contributed by atoms with van der Waals surface area (Å²) < 4.78 is 25.4. The van der Waals surface area contributed by atoms with Crippen molar-refractivity contribution in [2.24, 2.45) is 11.7 Å². The molecule has 1 aliphatic rings. The van der Waals surface area contributed by atoms with E-state index < -0.39 is 10.0 Å². The van der Waals surface area contributed by atoms with Gasteiger partial charge in [-0.2, -0.15) is 0 Å². The van der Waals surface area contributed by atoms with E-state index in [-0.39, 0.29) is 36.7 Å². The predicted octanol–water partition coefficient (Wildman–Crippen LogP) is 1.79. The van der Waals surface area contributed by atoms with E-state index in [2.05, 4.69) is 10.0 Å². The number of amides is 1. The maximum atomic E-state index is 12.4. The molecule has 0 aromatic heterocycles. The Morgan fingerprint density at radius 3 is 2.44 bits per heavy atom. The summed E-state index contributed by atoms with van der Waals surface area (Å²) in [7, 11) is -3.21. The summed E-state index contributed by atoms with van der Waals surface area (Å²) in [5.74, 6) is 0.309. The molecular formula is C17H28ClN3O3S. The first-order chi connectivity index (χ1) is 11.4. The molecule has 142 valence electrons. The van der Waals surface area contributed by atoms with Crippen LogP contribution in [0.5, 0.6) is 0 Å². The highest BCUT2D eigenvalue weighted by atomic mass is 35.5. The molecule has 0 radical (unpaired) electrons. The minimum absolute atomic E-state index is 0. The minimum atomic E-state index is -3.21. The van der Waals surface area contributed by atoms with Gasteiger partial charge in [0.1, 0.15) is 0 Å². The lowest BCUT2D eigenvalue weighted by molar-refractivity contribution is 0.0908. The van der Waals surface area contributed by atoms with Crippen LogP contribution < -0.4 is 15.8 Å². The van der Waals surface area contributed by atoms with E-state index >= 15 is 0 Å². The Kier molecular flexibility index (Phi) is 8.85. The van der Waals surface area contributed by atoms with E-state index in [1.165, 1.54) is 6.42 Å². The second kappa shape index (κ2) is 10.1. The van der Waals surface area contributed by atoms with Crippen molar-refractivity contribution in [2.45, 2.75) is 45.2 Å². The maximum absolute atomic E-state index is 12.4. The van der Waals surface area contributed by atoms with Gasteiger partial charge in [-0.25, -0.2) is 13.1 Å². The van der Waals surface area contributed by atoms with Crippen LogP contribution in [0.1, 0.15) is 48.5 Å². The van der Waals surface area contributed by atoms with Gasteiger partial charge in [0, 0.05) is 18.2 Å². The Labute approximate surface area is 156 Å². The number of sulfonamides is 1. The van der Waals surface area contributed by atoms with Crippen molar-refractivity contribution in [1.82, 2.24) is 10.0 Å². The molecule has 1 aliphatic carbocycles. The average Bonchev–Trinajstić information content (AvgIpc) is 2.61. The summed E-state index contributed by atoms with van der Waals surface area (Å²) >= 11 is 0. The average molecular weight is 390 g/mol. The van der Waals surface area contributed by atoms with Crippen molar-refractivity contribution in [3.8, 4) is 0 Å². The van der Waals surface area contributed by atoms with E-state index in [1.54, 1.807) is 31.2 Å². The summed E-state index contributed by atoms with van der Waals surface area (Å²) in [5, 5.41) is 3.09. The lowest BCUT2D eigenvalue weighted by atomic mass is 9.84. The molecule has 0 bridgehead atoms. The van der Waals surface area contributed by atoms with Crippen molar-refractivity contribution in [3.63, 3.8) is 0 Å². The van der Waals surface area contributed by atoms with Crippen LogP contribution in [-0.4, -0.2) is 32.7 Å². The summed E-state index contributed by atoms with van der Waals surface area (Å²) in [6.07, 6.45) is 4.34. The fraction of sp³-hybridized carbons (Fsp3) is 0.588. The minimum Gasteiger partial charge on any atom is -0.349 e. The molecule has 8 heteroatoms. The Bertz CT molecular complexity index is 650. The topological polar surface area (TPSA) is 101 Å². The van der Waals surface area contributed by atoms with Gasteiger partial charge in [-0.3, -0.25) is 4.79 Å². The van der Waals surface area contributed by atoms with Gasteiger partial charge in [0.2, 0.25) is 10.0 Å². The molecule has 1 aromatic rings. The van der Waals surface area contributed by atoms with Gasteiger partial charge in [0.25, 0.3) is 5.91 Å². The van der Waals surface area contributed by atoms with Gasteiger partial charge in [-0.15, -0.1) is 12.4 Å². The standard InChI is InChI=1S/C17H27N3O3S.ClH/c1-2-24(22,23)19-12-13-7-9-14(10-8-13)17(21)20-16-6-4-3-5-15(16)11-18;/h7-10,15-16,19H,2-6,11-12,18H2,1H3,(H,20,21);1H. The molecule has 2 rings (SSSR count). The second-order valence-corrected chi connectivity index (χ2v) is 8.38. The molecule has 0 heterocycles. The van der Waals surface area contributed by atoms with Gasteiger partial charge in [0.15, 0.2) is 0 Å². The zero-order valence-corrected chi connectivity index (χ0v) is 16.2. The first kappa shape index (κ1) is 21.9. The summed E-state index contributed by atoms with van der Waals surface area (Å²) in [4.78, 5) is 12.4. The van der Waals surface area contributed by atoms with E-state index in [4.69, 9.17) is 5.73 Å². The molecule has 4 N–H and O–H groups in total. The van der Waals surface area contributed by atoms with E-state index in [1.807, 2.05) is 0 Å². The summed E-state index contributed by atoms with van der Waals surface area (Å²) in [6.45, 7) is 2.42. The van der Waals surface area contributed by atoms with E-state index in [0.29, 0.717) is 18.0 Å². The Morgan fingerprint density at radius 1 is 1.20 bits per heavy atom. The molecule has 0 saturated heterocycles. The molecule has 0 spiro atoms. The SMILES string of the molecule is CCS(=O)(=O)NCc1ccc(C(=O)NC2CCCCC2CN)cc1.Cl. The molecule has 2 atom stereocenters. The van der Waals surface area contributed by atoms with Crippen LogP contribution in [0.25, 0.3) is 0 Å². The van der Waals surface area contributed by atoms with Crippen molar-refractivity contribution < 1.29 is 13.2 Å². The molecular weight excluding hydrogens is 362 g/mol. The molecule has 25 heavy (non-hydrogen) atoms. The fourth-order valence-corrected chi connectivity index (χ4v) is 3.59. The third-order valence-electron chi connectivity index (χ3n) is 4.62. The van der Waals surface area contributed by atoms with Crippen molar-refractivity contribution in [2.75, 3.05) is 12.3 Å². The first-order valence-electron chi connectivity index (χ1n) is 8.52. The number of nitrogens with two attached hydrogens (primary N) is 1. The molecule has 1 fully saturated rings. The van der Waals surface area contributed by atoms with Crippen molar-refractivity contribution >= 4 is 28.3 Å². The number of rotatable bonds is 7. The first-order valence-corrected chi connectivity index (χ1v) is 10.2. The normalized spacial score (nSPS) is 20.6. The largest absolute Gasteiger partial charge is 0.349 e. The number of benzene rings is 1. The number of carbonyl (C=O) groups excluding carboxylic acids is 1. The quantitative estimate of drug-likeness (QED) is 0.661. The van der Waals surface area contributed by atoms with Gasteiger partial charge >= 0.3 is 0 Å². The number of carbonyl (C=O) groups is 1. The van der Waals surface area contributed by atoms with Gasteiger partial charge in [0.05, 0.1) is 5.75 Å². The maximum Gasteiger partial charge on any atom is 0.251 e. The van der Waals surface area contributed by atoms with Crippen molar-refractivity contribution in [3.05, 3.63) is 35.4 Å². The third-order valence-corrected chi connectivity index (χ3v) is 5.96. The van der Waals surface area contributed by atoms with E-state index in [9.17, 15) is 13.2 Å². The van der Waals surface area contributed by atoms with Crippen LogP contribution in [0.4, 0.5) is 0 Å². The molecule has 1 saturated carbocycles. The number of nitrogens with one attached hydrogen (secondary N) is 2. The van der Waals surface area contributed by atoms with Crippen LogP contribution in [0.15, 0.2) is 24.3 Å². The zero-order valence-electron chi connectivity index (χ0n) is 14.5. The molecule has 6 nitrogen and oxygen atoms in total. The fourth-order valence-electron chi connectivity index (χ4n) is 3.00. The molecule has 1 amide bonds. The van der Waals surface area contributed by atoms with Gasteiger partial charge < -0.3 is 11.1 Å². The third kappa shape index (κ3) is 6.58. The number of hydrogen-bond acceptors (Lipinski definition) is 4. The van der Waals surface area contributed by atoms with Crippen LogP contribution >= 0.6 is 12.4 Å². The smallest absolute Gasteiger partial charge is 0.251 e. The molecule has 0 aliphatic heterocycles. The highest BCUT2D eigenvalue weighted by molar-refractivity contribution is 7.89. The molecule has 1 aromatic carbocycles. The Hall–Kier alpha value is -1.15. The zero-order chi connectivity index (χ0) is 17.6. The summed E-state index contributed by atoms with van der Waals surface area (Å²) in [5.41, 5.74) is 7.20. The number of halogens is 1. The van der Waals surface area contributed by atoms with E-state index in [0.717, 1.165) is 24.8 Å². The Balaban J connectivity index is 0.00000312. The summed E-state index contributed by atoms with van der Waals surface area (Å²) in [6, 6.07) is 7.14. The monoisotopic (exact) mass is 389 g/mol. The van der Waals surface area contributed by atoms with Crippen LogP contribution in [0.2, 0.25) is 0 Å². The van der Waals surface area contributed by atoms with Crippen LogP contribution in [0.3, 0.4) is 0 Å². The lowest BCUT2D eigenvalue weighted by Gasteiger charge is -2.31. The van der Waals surface area contributed by atoms with Crippen LogP contribution in [-0.2, 0) is 16.6 Å². The van der Waals surface area contributed by atoms with Gasteiger partial charge in [-0.1, -0.05) is 25.0 Å². The second-order valence-electron chi connectivity index (χ2n) is 6.28. The highest BCUT2D eigenvalue weighted by Gasteiger charge is 2.25. The Morgan fingerprint density at radius 2 is 1.84 bits per heavy atom. The predicted molar refractivity (Wildman–Crippen MR) is 102 cm³/mol. The highest BCUT2D eigenvalue weighted by Crippen LogP contribution is 2.23. The lowest BCUT2D eigenvalue weighted by Crippen LogP contribution is -2.44. The van der Waals surface area contributed by atoms with Crippen molar-refractivity contribution in [1.29, 1.82) is 0 Å². The molecule has 2 unspecified atom stereocenters. The van der Waals surface area contributed by atoms with Gasteiger partial charge in [-0.05, 0) is 49.9 Å². The number of hydrogen-bond donors (Lipinski definition) is 3. The van der Waals surface area contributed by atoms with Crippen LogP contribution in [0, 0.1) is 5.92 Å².